The second-order valence-electron chi connectivity index (χ2n) is 5.24. The third kappa shape index (κ3) is 2.41. The van der Waals surface area contributed by atoms with Gasteiger partial charge in [0.1, 0.15) is 0 Å². The number of amides is 1. The fraction of sp³-hybridized carbons (Fsp3) is 0.533. The number of benzene rings is 1. The Hall–Kier alpha value is -1.35. The summed E-state index contributed by atoms with van der Waals surface area (Å²) in [7, 11) is 0. The predicted molar refractivity (Wildman–Crippen MR) is 73.2 cm³/mol. The van der Waals surface area contributed by atoms with Crippen molar-refractivity contribution in [2.45, 2.75) is 32.2 Å². The van der Waals surface area contributed by atoms with Gasteiger partial charge in [0.25, 0.3) is 0 Å². The normalized spacial score (nSPS) is 25.2. The molecule has 2 N–H and O–H groups in total. The van der Waals surface area contributed by atoms with Crippen LogP contribution < -0.4 is 5.73 Å². The molecule has 1 amide bonds. The third-order valence-corrected chi connectivity index (χ3v) is 4.16. The molecule has 18 heavy (non-hydrogen) atoms. The SMILES string of the molecule is C[C@@H]1CCN(C(=O)[C@@H](CN)c2ccccc2)[C@@H]1C. The first-order chi connectivity index (χ1) is 8.65. The molecule has 0 unspecified atom stereocenters. The maximum Gasteiger partial charge on any atom is 0.231 e. The van der Waals surface area contributed by atoms with Gasteiger partial charge in [-0.1, -0.05) is 37.3 Å². The van der Waals surface area contributed by atoms with E-state index < -0.39 is 0 Å². The van der Waals surface area contributed by atoms with Crippen LogP contribution >= 0.6 is 0 Å². The van der Waals surface area contributed by atoms with Gasteiger partial charge in [-0.3, -0.25) is 4.79 Å². The van der Waals surface area contributed by atoms with Crippen molar-refractivity contribution in [3.8, 4) is 0 Å². The van der Waals surface area contributed by atoms with Crippen LogP contribution in [0.4, 0.5) is 0 Å². The highest BCUT2D eigenvalue weighted by Crippen LogP contribution is 2.27. The van der Waals surface area contributed by atoms with E-state index in [0.29, 0.717) is 18.5 Å². The van der Waals surface area contributed by atoms with Crippen LogP contribution in [-0.2, 0) is 4.79 Å². The first kappa shape index (κ1) is 13.1. The van der Waals surface area contributed by atoms with Crippen molar-refractivity contribution >= 4 is 5.91 Å². The van der Waals surface area contributed by atoms with Crippen molar-refractivity contribution in [3.63, 3.8) is 0 Å². The summed E-state index contributed by atoms with van der Waals surface area (Å²) in [5.41, 5.74) is 6.83. The van der Waals surface area contributed by atoms with Crippen LogP contribution in [0.3, 0.4) is 0 Å². The fourth-order valence-corrected chi connectivity index (χ4v) is 2.67. The molecule has 0 bridgehead atoms. The van der Waals surface area contributed by atoms with Crippen LogP contribution in [0.25, 0.3) is 0 Å². The highest BCUT2D eigenvalue weighted by Gasteiger charge is 2.34. The first-order valence-corrected chi connectivity index (χ1v) is 6.70. The van der Waals surface area contributed by atoms with Gasteiger partial charge in [-0.25, -0.2) is 0 Å². The van der Waals surface area contributed by atoms with Gasteiger partial charge in [-0.2, -0.15) is 0 Å². The van der Waals surface area contributed by atoms with E-state index in [1.165, 1.54) is 0 Å². The Morgan fingerprint density at radius 2 is 2.06 bits per heavy atom. The van der Waals surface area contributed by atoms with Crippen LogP contribution in [0.2, 0.25) is 0 Å². The van der Waals surface area contributed by atoms with E-state index in [1.807, 2.05) is 35.2 Å². The van der Waals surface area contributed by atoms with E-state index in [-0.39, 0.29) is 11.8 Å². The molecule has 98 valence electrons. The Morgan fingerprint density at radius 3 is 2.56 bits per heavy atom. The van der Waals surface area contributed by atoms with Crippen LogP contribution in [0, 0.1) is 5.92 Å². The average molecular weight is 246 g/mol. The Balaban J connectivity index is 2.16. The molecule has 1 aromatic rings. The number of hydrogen-bond donors (Lipinski definition) is 1. The molecule has 1 fully saturated rings. The molecule has 3 nitrogen and oxygen atoms in total. The number of carbonyl (C=O) groups is 1. The van der Waals surface area contributed by atoms with E-state index in [4.69, 9.17) is 5.73 Å². The van der Waals surface area contributed by atoms with E-state index in [1.54, 1.807) is 0 Å². The molecule has 0 aromatic heterocycles. The second-order valence-corrected chi connectivity index (χ2v) is 5.24. The molecule has 3 heteroatoms. The van der Waals surface area contributed by atoms with Gasteiger partial charge in [-0.15, -0.1) is 0 Å². The van der Waals surface area contributed by atoms with Crippen molar-refractivity contribution in [1.29, 1.82) is 0 Å². The standard InChI is InChI=1S/C15H22N2O/c1-11-8-9-17(12(11)2)15(18)14(10-16)13-6-4-3-5-7-13/h3-7,11-12,14H,8-10,16H2,1-2H3/t11-,12-,14+/m1/s1. The molecule has 0 radical (unpaired) electrons. The Morgan fingerprint density at radius 1 is 1.39 bits per heavy atom. The van der Waals surface area contributed by atoms with Crippen LogP contribution in [0.5, 0.6) is 0 Å². The summed E-state index contributed by atoms with van der Waals surface area (Å²) in [6.07, 6.45) is 1.10. The Labute approximate surface area is 109 Å². The molecule has 1 aliphatic rings. The van der Waals surface area contributed by atoms with Gasteiger partial charge in [-0.05, 0) is 24.8 Å². The van der Waals surface area contributed by atoms with Crippen LogP contribution in [0.15, 0.2) is 30.3 Å². The molecule has 1 aromatic carbocycles. The Kier molecular flexibility index (Phi) is 4.02. The van der Waals surface area contributed by atoms with E-state index in [0.717, 1.165) is 18.5 Å². The molecular weight excluding hydrogens is 224 g/mol. The second kappa shape index (κ2) is 5.53. The number of nitrogens with two attached hydrogens (primary N) is 1. The molecule has 1 saturated heterocycles. The van der Waals surface area contributed by atoms with Crippen molar-refractivity contribution in [1.82, 2.24) is 4.90 Å². The van der Waals surface area contributed by atoms with Crippen molar-refractivity contribution in [2.24, 2.45) is 11.7 Å². The number of nitrogens with zero attached hydrogens (tertiary/aromatic N) is 1. The average Bonchev–Trinajstić information content (AvgIpc) is 2.72. The molecule has 2 rings (SSSR count). The highest BCUT2D eigenvalue weighted by molar-refractivity contribution is 5.84. The summed E-state index contributed by atoms with van der Waals surface area (Å²) in [5, 5.41) is 0. The quantitative estimate of drug-likeness (QED) is 0.886. The minimum absolute atomic E-state index is 0.181. The minimum Gasteiger partial charge on any atom is -0.339 e. The van der Waals surface area contributed by atoms with Gasteiger partial charge in [0.05, 0.1) is 5.92 Å². The van der Waals surface area contributed by atoms with Crippen LogP contribution in [0.1, 0.15) is 31.7 Å². The lowest BCUT2D eigenvalue weighted by molar-refractivity contribution is -0.133. The maximum atomic E-state index is 12.6. The van der Waals surface area contributed by atoms with E-state index >= 15 is 0 Å². The summed E-state index contributed by atoms with van der Waals surface area (Å²) in [4.78, 5) is 14.6. The zero-order valence-corrected chi connectivity index (χ0v) is 11.2. The summed E-state index contributed by atoms with van der Waals surface area (Å²) < 4.78 is 0. The van der Waals surface area contributed by atoms with Gasteiger partial charge in [0, 0.05) is 19.1 Å². The third-order valence-electron chi connectivity index (χ3n) is 4.16. The van der Waals surface area contributed by atoms with Gasteiger partial charge in [0.15, 0.2) is 0 Å². The largest absolute Gasteiger partial charge is 0.339 e. The van der Waals surface area contributed by atoms with E-state index in [2.05, 4.69) is 13.8 Å². The van der Waals surface area contributed by atoms with Crippen molar-refractivity contribution < 1.29 is 4.79 Å². The van der Waals surface area contributed by atoms with Crippen molar-refractivity contribution in [2.75, 3.05) is 13.1 Å². The molecule has 1 aliphatic heterocycles. The summed E-state index contributed by atoms with van der Waals surface area (Å²) in [5.74, 6) is 0.572. The molecule has 1 heterocycles. The zero-order chi connectivity index (χ0) is 13.1. The lowest BCUT2D eigenvalue weighted by Gasteiger charge is -2.27. The van der Waals surface area contributed by atoms with Crippen LogP contribution in [-0.4, -0.2) is 29.9 Å². The molecular formula is C15H22N2O. The van der Waals surface area contributed by atoms with E-state index in [9.17, 15) is 4.79 Å². The molecule has 0 saturated carbocycles. The predicted octanol–water partition coefficient (Wildman–Crippen LogP) is 1.99. The summed E-state index contributed by atoms with van der Waals surface area (Å²) in [6.45, 7) is 5.58. The number of rotatable bonds is 3. The lowest BCUT2D eigenvalue weighted by atomic mass is 9.97. The molecule has 3 atom stereocenters. The van der Waals surface area contributed by atoms with Gasteiger partial charge < -0.3 is 10.6 Å². The topological polar surface area (TPSA) is 46.3 Å². The maximum absolute atomic E-state index is 12.6. The highest BCUT2D eigenvalue weighted by atomic mass is 16.2. The number of hydrogen-bond acceptors (Lipinski definition) is 2. The fourth-order valence-electron chi connectivity index (χ4n) is 2.67. The number of carbonyl (C=O) groups excluding carboxylic acids is 1. The minimum atomic E-state index is -0.195. The lowest BCUT2D eigenvalue weighted by Crippen LogP contribution is -2.40. The molecule has 0 spiro atoms. The number of likely N-dealkylation sites (tertiary alicyclic amines) is 1. The van der Waals surface area contributed by atoms with Crippen molar-refractivity contribution in [3.05, 3.63) is 35.9 Å². The monoisotopic (exact) mass is 246 g/mol. The summed E-state index contributed by atoms with van der Waals surface area (Å²) in [6, 6.07) is 10.2. The first-order valence-electron chi connectivity index (χ1n) is 6.70. The Bertz CT molecular complexity index is 404. The van der Waals surface area contributed by atoms with Gasteiger partial charge >= 0.3 is 0 Å². The summed E-state index contributed by atoms with van der Waals surface area (Å²) >= 11 is 0. The zero-order valence-electron chi connectivity index (χ0n) is 11.2. The molecule has 0 aliphatic carbocycles. The van der Waals surface area contributed by atoms with Gasteiger partial charge in [0.2, 0.25) is 5.91 Å². The smallest absolute Gasteiger partial charge is 0.231 e.